The van der Waals surface area contributed by atoms with Gasteiger partial charge in [-0.05, 0) is 38.1 Å². The van der Waals surface area contributed by atoms with Crippen molar-refractivity contribution < 1.29 is 18.7 Å². The van der Waals surface area contributed by atoms with Gasteiger partial charge in [-0.3, -0.25) is 9.59 Å². The van der Waals surface area contributed by atoms with Crippen LogP contribution in [0.15, 0.2) is 53.2 Å². The Balaban J connectivity index is 1.87. The summed E-state index contributed by atoms with van der Waals surface area (Å²) in [7, 11) is 0. The minimum absolute atomic E-state index is 0.113. The highest BCUT2D eigenvalue weighted by Crippen LogP contribution is 2.36. The number of nitrogens with one attached hydrogen (secondary N) is 1. The summed E-state index contributed by atoms with van der Waals surface area (Å²) < 4.78 is 10.7. The summed E-state index contributed by atoms with van der Waals surface area (Å²) in [5, 5.41) is 2.74. The molecule has 1 unspecified atom stereocenters. The predicted molar refractivity (Wildman–Crippen MR) is 90.4 cm³/mol. The number of hydrogen-bond acceptors (Lipinski definition) is 4. The maximum absolute atomic E-state index is 12.3. The zero-order chi connectivity index (χ0) is 17.3. The molecule has 6 heteroatoms. The summed E-state index contributed by atoms with van der Waals surface area (Å²) in [4.78, 5) is 26.0. The molecule has 0 bridgehead atoms. The molecule has 2 heterocycles. The van der Waals surface area contributed by atoms with Crippen molar-refractivity contribution in [1.29, 1.82) is 0 Å². The maximum atomic E-state index is 12.3. The first-order valence-electron chi connectivity index (χ1n) is 7.57. The fourth-order valence-corrected chi connectivity index (χ4v) is 2.52. The van der Waals surface area contributed by atoms with E-state index in [0.29, 0.717) is 23.7 Å². The van der Waals surface area contributed by atoms with Crippen LogP contribution >= 0.6 is 0 Å². The lowest BCUT2D eigenvalue weighted by atomic mass is 10.1. The number of amides is 2. The van der Waals surface area contributed by atoms with Crippen molar-refractivity contribution in [1.82, 2.24) is 0 Å². The van der Waals surface area contributed by atoms with Crippen LogP contribution in [0.25, 0.3) is 0 Å². The normalized spacial score (nSPS) is 16.3. The summed E-state index contributed by atoms with van der Waals surface area (Å²) >= 11 is 0. The van der Waals surface area contributed by atoms with Gasteiger partial charge < -0.3 is 19.4 Å². The van der Waals surface area contributed by atoms with E-state index in [2.05, 4.69) is 11.9 Å². The zero-order valence-electron chi connectivity index (χ0n) is 13.5. The summed E-state index contributed by atoms with van der Waals surface area (Å²) in [6, 6.07) is 8.40. The maximum Gasteiger partial charge on any atom is 0.291 e. The lowest BCUT2D eigenvalue weighted by molar-refractivity contribution is -0.125. The highest BCUT2D eigenvalue weighted by molar-refractivity contribution is 6.04. The summed E-state index contributed by atoms with van der Waals surface area (Å²) in [5.41, 5.74) is 2.10. The number of anilines is 2. The first-order chi connectivity index (χ1) is 11.5. The second kappa shape index (κ2) is 6.23. The van der Waals surface area contributed by atoms with Crippen molar-refractivity contribution in [3.8, 4) is 5.75 Å². The number of fused-ring (bicyclic) bond motifs is 1. The fourth-order valence-electron chi connectivity index (χ4n) is 2.52. The molecule has 2 amide bonds. The van der Waals surface area contributed by atoms with E-state index >= 15 is 0 Å². The average molecular weight is 326 g/mol. The Labute approximate surface area is 139 Å². The van der Waals surface area contributed by atoms with Crippen molar-refractivity contribution in [3.05, 3.63) is 54.5 Å². The van der Waals surface area contributed by atoms with Gasteiger partial charge in [-0.1, -0.05) is 12.2 Å². The summed E-state index contributed by atoms with van der Waals surface area (Å²) in [6.07, 6.45) is 0.848. The number of rotatable bonds is 4. The van der Waals surface area contributed by atoms with Gasteiger partial charge in [-0.25, -0.2) is 0 Å². The largest absolute Gasteiger partial charge is 0.479 e. The van der Waals surface area contributed by atoms with Crippen molar-refractivity contribution in [2.75, 3.05) is 16.8 Å². The van der Waals surface area contributed by atoms with Gasteiger partial charge in [-0.15, -0.1) is 0 Å². The van der Waals surface area contributed by atoms with Crippen LogP contribution < -0.4 is 15.0 Å². The van der Waals surface area contributed by atoms with E-state index in [1.165, 1.54) is 6.26 Å². The highest BCUT2D eigenvalue weighted by atomic mass is 16.5. The van der Waals surface area contributed by atoms with Gasteiger partial charge in [0.25, 0.3) is 11.8 Å². The number of benzene rings is 1. The first kappa shape index (κ1) is 15.9. The van der Waals surface area contributed by atoms with Crippen molar-refractivity contribution >= 4 is 23.2 Å². The van der Waals surface area contributed by atoms with E-state index in [0.717, 1.165) is 5.57 Å². The molecule has 1 aliphatic heterocycles. The Morgan fingerprint density at radius 2 is 2.17 bits per heavy atom. The standard InChI is InChI=1S/C18H18N2O4/c1-11(2)10-20-14-7-6-13(9-16(14)24-12(3)18(20)22)19-17(21)15-5-4-8-23-15/h4-9,12H,1,10H2,2-3H3,(H,19,21). The van der Waals surface area contributed by atoms with E-state index in [-0.39, 0.29) is 17.6 Å². The molecule has 124 valence electrons. The molecule has 0 spiro atoms. The van der Waals surface area contributed by atoms with Crippen LogP contribution in [0.2, 0.25) is 0 Å². The van der Waals surface area contributed by atoms with E-state index in [4.69, 9.17) is 9.15 Å². The number of hydrogen-bond donors (Lipinski definition) is 1. The third-order valence-corrected chi connectivity index (χ3v) is 3.60. The van der Waals surface area contributed by atoms with Gasteiger partial charge in [0.1, 0.15) is 5.75 Å². The first-order valence-corrected chi connectivity index (χ1v) is 7.57. The van der Waals surface area contributed by atoms with Crippen LogP contribution in [0.5, 0.6) is 5.75 Å². The van der Waals surface area contributed by atoms with Gasteiger partial charge in [0.2, 0.25) is 0 Å². The van der Waals surface area contributed by atoms with Gasteiger partial charge in [-0.2, -0.15) is 0 Å². The fraction of sp³-hybridized carbons (Fsp3) is 0.222. The van der Waals surface area contributed by atoms with Crippen LogP contribution in [-0.2, 0) is 4.79 Å². The van der Waals surface area contributed by atoms with Gasteiger partial charge >= 0.3 is 0 Å². The molecular formula is C18H18N2O4. The second-order valence-electron chi connectivity index (χ2n) is 5.76. The molecule has 1 atom stereocenters. The Kier molecular flexibility index (Phi) is 4.12. The number of carbonyl (C=O) groups is 2. The molecule has 1 aliphatic rings. The molecule has 0 fully saturated rings. The van der Waals surface area contributed by atoms with Crippen LogP contribution in [0.4, 0.5) is 11.4 Å². The lowest BCUT2D eigenvalue weighted by Crippen LogP contribution is -2.45. The lowest BCUT2D eigenvalue weighted by Gasteiger charge is -2.33. The van der Waals surface area contributed by atoms with Crippen molar-refractivity contribution in [3.63, 3.8) is 0 Å². The molecule has 1 aromatic heterocycles. The average Bonchev–Trinajstić information content (AvgIpc) is 3.06. The summed E-state index contributed by atoms with van der Waals surface area (Å²) in [6.45, 7) is 7.86. The van der Waals surface area contributed by atoms with Crippen molar-refractivity contribution in [2.24, 2.45) is 0 Å². The van der Waals surface area contributed by atoms with Crippen LogP contribution in [0.3, 0.4) is 0 Å². The Hall–Kier alpha value is -3.02. The third kappa shape index (κ3) is 3.03. The SMILES string of the molecule is C=C(C)CN1C(=O)C(C)Oc2cc(NC(=O)c3ccco3)ccc21. The molecule has 1 N–H and O–H groups in total. The third-order valence-electron chi connectivity index (χ3n) is 3.60. The quantitative estimate of drug-likeness (QED) is 0.876. The predicted octanol–water partition coefficient (Wildman–Crippen LogP) is 3.22. The van der Waals surface area contributed by atoms with Crippen LogP contribution in [0.1, 0.15) is 24.4 Å². The number of ether oxygens (including phenoxy) is 1. The monoisotopic (exact) mass is 326 g/mol. The molecule has 1 aromatic carbocycles. The molecule has 24 heavy (non-hydrogen) atoms. The topological polar surface area (TPSA) is 71.8 Å². The Bertz CT molecular complexity index is 795. The highest BCUT2D eigenvalue weighted by Gasteiger charge is 2.31. The molecule has 2 aromatic rings. The minimum Gasteiger partial charge on any atom is -0.479 e. The van der Waals surface area contributed by atoms with Crippen LogP contribution in [0, 0.1) is 0 Å². The number of furan rings is 1. The van der Waals surface area contributed by atoms with E-state index in [1.54, 1.807) is 42.2 Å². The van der Waals surface area contributed by atoms with E-state index < -0.39 is 6.10 Å². The van der Waals surface area contributed by atoms with Gasteiger partial charge in [0.15, 0.2) is 11.9 Å². The number of carbonyl (C=O) groups excluding carboxylic acids is 2. The van der Waals surface area contributed by atoms with Crippen LogP contribution in [-0.4, -0.2) is 24.5 Å². The molecule has 6 nitrogen and oxygen atoms in total. The molecule has 0 saturated heterocycles. The van der Waals surface area contributed by atoms with E-state index in [9.17, 15) is 9.59 Å². The summed E-state index contributed by atoms with van der Waals surface area (Å²) in [5.74, 6) is 0.304. The zero-order valence-corrected chi connectivity index (χ0v) is 13.5. The number of nitrogens with zero attached hydrogens (tertiary/aromatic N) is 1. The Morgan fingerprint density at radius 3 is 2.83 bits per heavy atom. The van der Waals surface area contributed by atoms with Gasteiger partial charge in [0, 0.05) is 18.3 Å². The second-order valence-corrected chi connectivity index (χ2v) is 5.76. The molecule has 0 radical (unpaired) electrons. The Morgan fingerprint density at radius 1 is 1.38 bits per heavy atom. The molecule has 3 rings (SSSR count). The molecular weight excluding hydrogens is 308 g/mol. The van der Waals surface area contributed by atoms with Gasteiger partial charge in [0.05, 0.1) is 12.0 Å². The van der Waals surface area contributed by atoms with Crippen molar-refractivity contribution in [2.45, 2.75) is 20.0 Å². The minimum atomic E-state index is -0.590. The smallest absolute Gasteiger partial charge is 0.291 e. The van der Waals surface area contributed by atoms with E-state index in [1.807, 2.05) is 6.92 Å². The molecule has 0 saturated carbocycles. The molecule has 0 aliphatic carbocycles.